The molecule has 1 amide bonds. The van der Waals surface area contributed by atoms with E-state index >= 15 is 0 Å². The Morgan fingerprint density at radius 2 is 1.72 bits per heavy atom. The molecule has 29 heavy (non-hydrogen) atoms. The lowest BCUT2D eigenvalue weighted by Gasteiger charge is -2.10. The Morgan fingerprint density at radius 3 is 2.48 bits per heavy atom. The number of hydrogen-bond acceptors (Lipinski definition) is 4. The summed E-state index contributed by atoms with van der Waals surface area (Å²) in [7, 11) is 0. The SMILES string of the molecule is Cc1cccc(C(=O)NC(=S)Nc2ccc(-c3nc4ccc(C)cc4o3)cc2)c1. The third-order valence-corrected chi connectivity index (χ3v) is 4.65. The number of aryl methyl sites for hydroxylation is 2. The van der Waals surface area contributed by atoms with E-state index in [2.05, 4.69) is 15.6 Å². The highest BCUT2D eigenvalue weighted by Gasteiger charge is 2.10. The molecule has 0 fully saturated rings. The maximum absolute atomic E-state index is 12.3. The second kappa shape index (κ2) is 7.85. The molecule has 4 aromatic rings. The Morgan fingerprint density at radius 1 is 0.966 bits per heavy atom. The van der Waals surface area contributed by atoms with Crippen LogP contribution in [-0.4, -0.2) is 16.0 Å². The van der Waals surface area contributed by atoms with E-state index in [1.54, 1.807) is 6.07 Å². The molecule has 3 aromatic carbocycles. The van der Waals surface area contributed by atoms with Gasteiger partial charge in [0.1, 0.15) is 5.52 Å². The molecule has 0 aliphatic heterocycles. The summed E-state index contributed by atoms with van der Waals surface area (Å²) in [6.07, 6.45) is 0. The van der Waals surface area contributed by atoms with Crippen LogP contribution in [0.15, 0.2) is 71.1 Å². The fourth-order valence-corrected chi connectivity index (χ4v) is 3.19. The smallest absolute Gasteiger partial charge is 0.257 e. The number of thiocarbonyl (C=S) groups is 1. The van der Waals surface area contributed by atoms with Crippen molar-refractivity contribution < 1.29 is 9.21 Å². The van der Waals surface area contributed by atoms with Crippen LogP contribution in [0.5, 0.6) is 0 Å². The van der Waals surface area contributed by atoms with Crippen LogP contribution in [0.1, 0.15) is 21.5 Å². The van der Waals surface area contributed by atoms with E-state index in [1.165, 1.54) is 0 Å². The summed E-state index contributed by atoms with van der Waals surface area (Å²) >= 11 is 5.25. The summed E-state index contributed by atoms with van der Waals surface area (Å²) in [6.45, 7) is 3.95. The first-order valence-corrected chi connectivity index (χ1v) is 9.55. The molecule has 0 saturated carbocycles. The van der Waals surface area contributed by atoms with Gasteiger partial charge in [-0.25, -0.2) is 4.98 Å². The summed E-state index contributed by atoms with van der Waals surface area (Å²) < 4.78 is 5.85. The van der Waals surface area contributed by atoms with Gasteiger partial charge in [-0.15, -0.1) is 0 Å². The summed E-state index contributed by atoms with van der Waals surface area (Å²) in [6, 6.07) is 20.8. The second-order valence-corrected chi connectivity index (χ2v) is 7.25. The molecular weight excluding hydrogens is 382 g/mol. The predicted molar refractivity (Wildman–Crippen MR) is 119 cm³/mol. The Labute approximate surface area is 173 Å². The average molecular weight is 401 g/mol. The van der Waals surface area contributed by atoms with E-state index in [-0.39, 0.29) is 11.0 Å². The van der Waals surface area contributed by atoms with Crippen molar-refractivity contribution in [1.29, 1.82) is 0 Å². The lowest BCUT2D eigenvalue weighted by molar-refractivity contribution is 0.0977. The molecule has 0 aliphatic carbocycles. The molecule has 0 spiro atoms. The first kappa shape index (κ1) is 18.8. The maximum Gasteiger partial charge on any atom is 0.257 e. The molecule has 5 nitrogen and oxygen atoms in total. The number of amides is 1. The van der Waals surface area contributed by atoms with Crippen molar-refractivity contribution in [3.05, 3.63) is 83.4 Å². The van der Waals surface area contributed by atoms with Gasteiger partial charge in [0.2, 0.25) is 5.89 Å². The minimum Gasteiger partial charge on any atom is -0.436 e. The number of aromatic nitrogens is 1. The summed E-state index contributed by atoms with van der Waals surface area (Å²) in [5.41, 5.74) is 5.92. The second-order valence-electron chi connectivity index (χ2n) is 6.85. The minimum atomic E-state index is -0.246. The van der Waals surface area contributed by atoms with Crippen LogP contribution in [0.4, 0.5) is 5.69 Å². The molecule has 4 rings (SSSR count). The van der Waals surface area contributed by atoms with E-state index in [9.17, 15) is 4.79 Å². The zero-order valence-electron chi connectivity index (χ0n) is 16.0. The molecule has 144 valence electrons. The number of oxazole rings is 1. The van der Waals surface area contributed by atoms with E-state index in [4.69, 9.17) is 16.6 Å². The fraction of sp³-hybridized carbons (Fsp3) is 0.0870. The quantitative estimate of drug-likeness (QED) is 0.460. The highest BCUT2D eigenvalue weighted by Crippen LogP contribution is 2.26. The van der Waals surface area contributed by atoms with Gasteiger partial charge in [0.25, 0.3) is 5.91 Å². The lowest BCUT2D eigenvalue weighted by Crippen LogP contribution is -2.34. The van der Waals surface area contributed by atoms with Crippen molar-refractivity contribution in [2.24, 2.45) is 0 Å². The van der Waals surface area contributed by atoms with E-state index < -0.39 is 0 Å². The number of anilines is 1. The molecule has 1 heterocycles. The summed E-state index contributed by atoms with van der Waals surface area (Å²) in [4.78, 5) is 16.8. The molecule has 2 N–H and O–H groups in total. The van der Waals surface area contributed by atoms with Gasteiger partial charge in [0.15, 0.2) is 10.7 Å². The molecule has 1 aromatic heterocycles. The van der Waals surface area contributed by atoms with Gasteiger partial charge in [0.05, 0.1) is 0 Å². The zero-order valence-corrected chi connectivity index (χ0v) is 16.8. The fourth-order valence-electron chi connectivity index (χ4n) is 2.98. The number of fused-ring (bicyclic) bond motifs is 1. The monoisotopic (exact) mass is 401 g/mol. The summed E-state index contributed by atoms with van der Waals surface area (Å²) in [5, 5.41) is 5.95. The minimum absolute atomic E-state index is 0.238. The highest BCUT2D eigenvalue weighted by molar-refractivity contribution is 7.80. The maximum atomic E-state index is 12.3. The predicted octanol–water partition coefficient (Wildman–Crippen LogP) is 5.24. The van der Waals surface area contributed by atoms with Gasteiger partial charge in [-0.3, -0.25) is 10.1 Å². The molecule has 0 atom stereocenters. The number of carbonyl (C=O) groups excluding carboxylic acids is 1. The van der Waals surface area contributed by atoms with Crippen LogP contribution in [0.2, 0.25) is 0 Å². The van der Waals surface area contributed by atoms with Gasteiger partial charge >= 0.3 is 0 Å². The third kappa shape index (κ3) is 4.33. The molecule has 6 heteroatoms. The molecule has 0 aliphatic rings. The Balaban J connectivity index is 1.43. The molecular formula is C23H19N3O2S. The topological polar surface area (TPSA) is 67.2 Å². The van der Waals surface area contributed by atoms with Crippen LogP contribution in [0.3, 0.4) is 0 Å². The first-order valence-electron chi connectivity index (χ1n) is 9.14. The van der Waals surface area contributed by atoms with Crippen molar-refractivity contribution in [2.45, 2.75) is 13.8 Å². The standard InChI is InChI=1S/C23H19N3O2S/c1-14-4-3-5-17(12-14)21(27)26-23(29)24-18-9-7-16(8-10-18)22-25-19-11-6-15(2)13-20(19)28-22/h3-13H,1-2H3,(H2,24,26,27,29). The van der Waals surface area contributed by atoms with Crippen LogP contribution >= 0.6 is 12.2 Å². The van der Waals surface area contributed by atoms with E-state index in [1.807, 2.05) is 74.5 Å². The largest absolute Gasteiger partial charge is 0.436 e. The van der Waals surface area contributed by atoms with Crippen molar-refractivity contribution in [1.82, 2.24) is 10.3 Å². The summed E-state index contributed by atoms with van der Waals surface area (Å²) in [5.74, 6) is 0.317. The van der Waals surface area contributed by atoms with Crippen LogP contribution in [-0.2, 0) is 0 Å². The van der Waals surface area contributed by atoms with E-state index in [0.29, 0.717) is 11.5 Å². The zero-order chi connectivity index (χ0) is 20.4. The normalized spacial score (nSPS) is 10.7. The van der Waals surface area contributed by atoms with Crippen molar-refractivity contribution >= 4 is 40.0 Å². The van der Waals surface area contributed by atoms with Gasteiger partial charge in [-0.05, 0) is 80.2 Å². The Hall–Kier alpha value is -3.51. The van der Waals surface area contributed by atoms with Gasteiger partial charge < -0.3 is 9.73 Å². The van der Waals surface area contributed by atoms with Crippen LogP contribution in [0.25, 0.3) is 22.6 Å². The first-order chi connectivity index (χ1) is 14.0. The average Bonchev–Trinajstić information content (AvgIpc) is 3.11. The Kier molecular flexibility index (Phi) is 5.10. The Bertz CT molecular complexity index is 1210. The van der Waals surface area contributed by atoms with Gasteiger partial charge in [0, 0.05) is 16.8 Å². The van der Waals surface area contributed by atoms with Crippen LogP contribution < -0.4 is 10.6 Å². The number of rotatable bonds is 3. The molecule has 0 bridgehead atoms. The molecule has 0 radical (unpaired) electrons. The van der Waals surface area contributed by atoms with Crippen molar-refractivity contribution in [2.75, 3.05) is 5.32 Å². The lowest BCUT2D eigenvalue weighted by atomic mass is 10.1. The number of nitrogens with one attached hydrogen (secondary N) is 2. The van der Waals surface area contributed by atoms with Crippen LogP contribution in [0, 0.1) is 13.8 Å². The van der Waals surface area contributed by atoms with Crippen molar-refractivity contribution in [3.63, 3.8) is 0 Å². The van der Waals surface area contributed by atoms with E-state index in [0.717, 1.165) is 33.5 Å². The van der Waals surface area contributed by atoms with Gasteiger partial charge in [-0.1, -0.05) is 23.8 Å². The number of hydrogen-bond donors (Lipinski definition) is 2. The van der Waals surface area contributed by atoms with Crippen molar-refractivity contribution in [3.8, 4) is 11.5 Å². The number of carbonyl (C=O) groups is 1. The third-order valence-electron chi connectivity index (χ3n) is 4.44. The molecule has 0 saturated heterocycles. The number of nitrogens with zero attached hydrogens (tertiary/aromatic N) is 1. The molecule has 0 unspecified atom stereocenters. The van der Waals surface area contributed by atoms with Gasteiger partial charge in [-0.2, -0.15) is 0 Å². The highest BCUT2D eigenvalue weighted by atomic mass is 32.1. The number of benzene rings is 3.